The van der Waals surface area contributed by atoms with Crippen LogP contribution in [0.3, 0.4) is 0 Å². The van der Waals surface area contributed by atoms with Crippen molar-refractivity contribution in [1.29, 1.82) is 0 Å². The number of hydrogen-bond donors (Lipinski definition) is 1. The number of Topliss-reactive ketones (excluding diaryl/α,β-unsaturated/α-hetero) is 1. The molecule has 4 rings (SSSR count). The zero-order chi connectivity index (χ0) is 16.2. The molecule has 1 aromatic rings. The smallest absolute Gasteiger partial charge is 0.310 e. The molecule has 5 nitrogen and oxygen atoms in total. The number of ketones is 1. The Hall–Kier alpha value is -1.62. The number of aliphatic hydroxyl groups is 1. The van der Waals surface area contributed by atoms with E-state index in [1.54, 1.807) is 12.5 Å². The van der Waals surface area contributed by atoms with Crippen LogP contribution in [0.15, 0.2) is 23.0 Å². The molecule has 2 aliphatic carbocycles. The maximum atomic E-state index is 12.6. The van der Waals surface area contributed by atoms with E-state index in [1.165, 1.54) is 0 Å². The van der Waals surface area contributed by atoms with Gasteiger partial charge >= 0.3 is 5.97 Å². The summed E-state index contributed by atoms with van der Waals surface area (Å²) in [6.45, 7) is 2.06. The standard InChI is InChI=1S/C18H22O5/c1-18-8-15(10-6-7-22-9-10)23-17(21)12(18)3-2-11-13(19)4-5-14(20)16(11)18/h6-7,9,11-12,14-16,20H,2-5,8H2,1H3/t11-,12+,14+,15+,16+,18-/m0/s1. The second-order valence-electron chi connectivity index (χ2n) is 7.53. The summed E-state index contributed by atoms with van der Waals surface area (Å²) in [5.74, 6) is -0.444. The maximum absolute atomic E-state index is 12.6. The van der Waals surface area contributed by atoms with Crippen molar-refractivity contribution in [2.24, 2.45) is 23.2 Å². The Bertz CT molecular complexity index is 621. The Morgan fingerprint density at radius 3 is 2.83 bits per heavy atom. The molecule has 0 radical (unpaired) electrons. The summed E-state index contributed by atoms with van der Waals surface area (Å²) in [4.78, 5) is 24.9. The van der Waals surface area contributed by atoms with Crippen molar-refractivity contribution in [2.45, 2.75) is 51.2 Å². The zero-order valence-corrected chi connectivity index (χ0v) is 13.2. The fraction of sp³-hybridized carbons (Fsp3) is 0.667. The van der Waals surface area contributed by atoms with Gasteiger partial charge in [0.1, 0.15) is 11.9 Å². The van der Waals surface area contributed by atoms with Crippen molar-refractivity contribution >= 4 is 11.8 Å². The van der Waals surface area contributed by atoms with Crippen molar-refractivity contribution in [1.82, 2.24) is 0 Å². The SMILES string of the molecule is C[C@]12C[C@H](c3ccoc3)OC(=O)[C@H]1CC[C@H]1C(=O)CC[C@@H](O)[C@@H]12. The molecule has 3 fully saturated rings. The van der Waals surface area contributed by atoms with Crippen LogP contribution in [0.5, 0.6) is 0 Å². The first-order valence-electron chi connectivity index (χ1n) is 8.44. The van der Waals surface area contributed by atoms with Gasteiger partial charge in [-0.05, 0) is 37.2 Å². The fourth-order valence-corrected chi connectivity index (χ4v) is 5.24. The maximum Gasteiger partial charge on any atom is 0.310 e. The Balaban J connectivity index is 1.71. The first kappa shape index (κ1) is 14.9. The lowest BCUT2D eigenvalue weighted by atomic mass is 9.50. The number of carbonyl (C=O) groups is 2. The molecule has 0 unspecified atom stereocenters. The summed E-state index contributed by atoms with van der Waals surface area (Å²) in [6, 6.07) is 1.81. The number of aliphatic hydroxyl groups excluding tert-OH is 1. The van der Waals surface area contributed by atoms with E-state index in [2.05, 4.69) is 6.92 Å². The topological polar surface area (TPSA) is 76.7 Å². The highest BCUT2D eigenvalue weighted by molar-refractivity contribution is 5.83. The highest BCUT2D eigenvalue weighted by Crippen LogP contribution is 2.59. The summed E-state index contributed by atoms with van der Waals surface area (Å²) in [6.07, 6.45) is 5.26. The number of esters is 1. The number of carbonyl (C=O) groups excluding carboxylic acids is 2. The quantitative estimate of drug-likeness (QED) is 0.806. The van der Waals surface area contributed by atoms with Crippen LogP contribution in [-0.4, -0.2) is 23.0 Å². The average Bonchev–Trinajstić information content (AvgIpc) is 3.04. The summed E-state index contributed by atoms with van der Waals surface area (Å²) in [5, 5.41) is 10.6. The minimum absolute atomic E-state index is 0.115. The van der Waals surface area contributed by atoms with Gasteiger partial charge < -0.3 is 14.3 Å². The minimum Gasteiger partial charge on any atom is -0.472 e. The van der Waals surface area contributed by atoms with E-state index in [4.69, 9.17) is 9.15 Å². The molecule has 1 aliphatic heterocycles. The molecule has 1 N–H and O–H groups in total. The Kier molecular flexibility index (Phi) is 3.38. The highest BCUT2D eigenvalue weighted by Gasteiger charge is 2.59. The van der Waals surface area contributed by atoms with E-state index >= 15 is 0 Å². The Morgan fingerprint density at radius 2 is 2.09 bits per heavy atom. The van der Waals surface area contributed by atoms with Gasteiger partial charge in [-0.1, -0.05) is 6.92 Å². The monoisotopic (exact) mass is 318 g/mol. The van der Waals surface area contributed by atoms with Crippen LogP contribution >= 0.6 is 0 Å². The van der Waals surface area contributed by atoms with E-state index in [0.29, 0.717) is 32.1 Å². The van der Waals surface area contributed by atoms with E-state index in [1.807, 2.05) is 6.07 Å². The fourth-order valence-electron chi connectivity index (χ4n) is 5.24. The second kappa shape index (κ2) is 5.20. The lowest BCUT2D eigenvalue weighted by Gasteiger charge is -2.56. The third-order valence-corrected chi connectivity index (χ3v) is 6.36. The molecule has 23 heavy (non-hydrogen) atoms. The van der Waals surface area contributed by atoms with Crippen molar-refractivity contribution < 1.29 is 23.8 Å². The molecule has 6 atom stereocenters. The molecule has 3 aliphatic rings. The number of hydrogen-bond acceptors (Lipinski definition) is 5. The summed E-state index contributed by atoms with van der Waals surface area (Å²) < 4.78 is 10.8. The van der Waals surface area contributed by atoms with Crippen LogP contribution in [-0.2, 0) is 14.3 Å². The molecule has 0 amide bonds. The van der Waals surface area contributed by atoms with Gasteiger partial charge in [-0.2, -0.15) is 0 Å². The first-order valence-corrected chi connectivity index (χ1v) is 8.44. The molecule has 124 valence electrons. The second-order valence-corrected chi connectivity index (χ2v) is 7.53. The summed E-state index contributed by atoms with van der Waals surface area (Å²) >= 11 is 0. The number of ether oxygens (including phenoxy) is 1. The van der Waals surface area contributed by atoms with Crippen LogP contribution in [0, 0.1) is 23.2 Å². The first-order chi connectivity index (χ1) is 11.0. The molecule has 2 saturated carbocycles. The van der Waals surface area contributed by atoms with E-state index < -0.39 is 11.5 Å². The van der Waals surface area contributed by atoms with Crippen LogP contribution in [0.2, 0.25) is 0 Å². The van der Waals surface area contributed by atoms with Crippen molar-refractivity contribution in [3.05, 3.63) is 24.2 Å². The molecule has 5 heteroatoms. The van der Waals surface area contributed by atoms with Gasteiger partial charge in [0, 0.05) is 23.8 Å². The lowest BCUT2D eigenvalue weighted by molar-refractivity contribution is -0.197. The molecule has 2 heterocycles. The molecular weight excluding hydrogens is 296 g/mol. The Morgan fingerprint density at radius 1 is 1.26 bits per heavy atom. The van der Waals surface area contributed by atoms with Crippen LogP contribution in [0.25, 0.3) is 0 Å². The predicted molar refractivity (Wildman–Crippen MR) is 80.2 cm³/mol. The Labute approximate surface area is 135 Å². The number of fused-ring (bicyclic) bond motifs is 3. The van der Waals surface area contributed by atoms with Gasteiger partial charge in [0.25, 0.3) is 0 Å². The normalized spacial score (nSPS) is 43.5. The van der Waals surface area contributed by atoms with E-state index in [9.17, 15) is 14.7 Å². The third kappa shape index (κ3) is 2.17. The lowest BCUT2D eigenvalue weighted by Crippen LogP contribution is -2.57. The van der Waals surface area contributed by atoms with Gasteiger partial charge in [0.2, 0.25) is 0 Å². The van der Waals surface area contributed by atoms with Crippen molar-refractivity contribution in [3.8, 4) is 0 Å². The molecule has 0 spiro atoms. The van der Waals surface area contributed by atoms with Gasteiger partial charge in [0.05, 0.1) is 24.5 Å². The third-order valence-electron chi connectivity index (χ3n) is 6.36. The van der Waals surface area contributed by atoms with E-state index in [0.717, 1.165) is 5.56 Å². The van der Waals surface area contributed by atoms with Crippen molar-refractivity contribution in [3.63, 3.8) is 0 Å². The highest BCUT2D eigenvalue weighted by atomic mass is 16.5. The molecule has 1 saturated heterocycles. The van der Waals surface area contributed by atoms with E-state index in [-0.39, 0.29) is 35.6 Å². The van der Waals surface area contributed by atoms with Crippen LogP contribution in [0.1, 0.15) is 50.7 Å². The van der Waals surface area contributed by atoms with Gasteiger partial charge in [-0.3, -0.25) is 9.59 Å². The minimum atomic E-state index is -0.513. The molecule has 0 bridgehead atoms. The zero-order valence-electron chi connectivity index (χ0n) is 13.2. The molecular formula is C18H22O5. The van der Waals surface area contributed by atoms with Gasteiger partial charge in [-0.15, -0.1) is 0 Å². The van der Waals surface area contributed by atoms with Crippen molar-refractivity contribution in [2.75, 3.05) is 0 Å². The van der Waals surface area contributed by atoms with Crippen LogP contribution < -0.4 is 0 Å². The predicted octanol–water partition coefficient (Wildman–Crippen LogP) is 2.64. The molecule has 1 aromatic heterocycles. The number of cyclic esters (lactones) is 1. The summed E-state index contributed by atoms with van der Waals surface area (Å²) in [7, 11) is 0. The number of rotatable bonds is 1. The number of furan rings is 1. The average molecular weight is 318 g/mol. The van der Waals surface area contributed by atoms with Crippen LogP contribution in [0.4, 0.5) is 0 Å². The van der Waals surface area contributed by atoms with Gasteiger partial charge in [-0.25, -0.2) is 0 Å². The molecule has 0 aromatic carbocycles. The van der Waals surface area contributed by atoms with Gasteiger partial charge in [0.15, 0.2) is 0 Å². The largest absolute Gasteiger partial charge is 0.472 e. The summed E-state index contributed by atoms with van der Waals surface area (Å²) in [5.41, 5.74) is 0.437.